The molecule has 0 atom stereocenters. The summed E-state index contributed by atoms with van der Waals surface area (Å²) in [6.45, 7) is 2.43. The number of nitrogens with two attached hydrogens (primary N) is 1. The molecule has 0 bridgehead atoms. The van der Waals surface area contributed by atoms with Crippen molar-refractivity contribution >= 4 is 11.7 Å². The number of urea groups is 1. The van der Waals surface area contributed by atoms with E-state index in [2.05, 4.69) is 10.3 Å². The number of hydrogen-bond donors (Lipinski definition) is 3. The fourth-order valence-electron chi connectivity index (χ4n) is 0.855. The highest BCUT2D eigenvalue weighted by Crippen LogP contribution is 2.10. The quantitative estimate of drug-likeness (QED) is 0.372. The third-order valence-electron chi connectivity index (χ3n) is 1.42. The third-order valence-corrected chi connectivity index (χ3v) is 1.42. The van der Waals surface area contributed by atoms with Crippen molar-refractivity contribution in [1.29, 1.82) is 0 Å². The lowest BCUT2D eigenvalue weighted by Crippen LogP contribution is -2.34. The summed E-state index contributed by atoms with van der Waals surface area (Å²) in [4.78, 5) is 14.7. The molecule has 6 nitrogen and oxygen atoms in total. The normalized spacial score (nSPS) is 9.29. The van der Waals surface area contributed by atoms with E-state index < -0.39 is 6.03 Å². The van der Waals surface area contributed by atoms with E-state index in [0.29, 0.717) is 18.2 Å². The largest absolute Gasteiger partial charge is 0.478 e. The molecule has 1 aromatic rings. The molecule has 0 aliphatic carbocycles. The highest BCUT2D eigenvalue weighted by atomic mass is 16.5. The van der Waals surface area contributed by atoms with E-state index in [1.165, 1.54) is 6.20 Å². The molecule has 2 amide bonds. The lowest BCUT2D eigenvalue weighted by Gasteiger charge is -2.04. The number of hydrogen-bond acceptors (Lipinski definition) is 4. The molecule has 0 spiro atoms. The van der Waals surface area contributed by atoms with Crippen LogP contribution in [0, 0.1) is 0 Å². The van der Waals surface area contributed by atoms with Gasteiger partial charge in [-0.15, -0.1) is 0 Å². The van der Waals surface area contributed by atoms with Crippen molar-refractivity contribution in [2.24, 2.45) is 5.84 Å². The third kappa shape index (κ3) is 2.91. The molecule has 14 heavy (non-hydrogen) atoms. The Hall–Kier alpha value is -1.82. The molecule has 0 fully saturated rings. The van der Waals surface area contributed by atoms with Gasteiger partial charge in [-0.25, -0.2) is 15.6 Å². The molecule has 76 valence electrons. The summed E-state index contributed by atoms with van der Waals surface area (Å²) in [7, 11) is 0. The van der Waals surface area contributed by atoms with Gasteiger partial charge in [0.2, 0.25) is 5.88 Å². The standard InChI is InChI=1S/C8H12N4O2/c1-2-14-7-4-3-6(5-10-7)11-8(13)12-9/h3-5H,2,9H2,1H3,(H2,11,12,13). The molecule has 1 rings (SSSR count). The number of anilines is 1. The zero-order chi connectivity index (χ0) is 10.4. The summed E-state index contributed by atoms with van der Waals surface area (Å²) in [5, 5.41) is 2.47. The fourth-order valence-corrected chi connectivity index (χ4v) is 0.855. The van der Waals surface area contributed by atoms with Crippen LogP contribution >= 0.6 is 0 Å². The predicted molar refractivity (Wildman–Crippen MR) is 51.7 cm³/mol. The van der Waals surface area contributed by atoms with Gasteiger partial charge in [0, 0.05) is 6.07 Å². The molecule has 1 aromatic heterocycles. The van der Waals surface area contributed by atoms with Crippen molar-refractivity contribution in [2.45, 2.75) is 6.92 Å². The summed E-state index contributed by atoms with van der Waals surface area (Å²) in [5.41, 5.74) is 2.50. The number of nitrogens with zero attached hydrogens (tertiary/aromatic N) is 1. The second-order valence-corrected chi connectivity index (χ2v) is 2.42. The van der Waals surface area contributed by atoms with Crippen LogP contribution in [0.3, 0.4) is 0 Å². The number of amides is 2. The second kappa shape index (κ2) is 5.03. The summed E-state index contributed by atoms with van der Waals surface area (Å²) in [5.74, 6) is 5.41. The molecule has 0 saturated heterocycles. The number of carbonyl (C=O) groups is 1. The molecule has 0 aliphatic heterocycles. The first-order chi connectivity index (χ1) is 6.76. The van der Waals surface area contributed by atoms with Gasteiger partial charge in [-0.05, 0) is 13.0 Å². The van der Waals surface area contributed by atoms with Crippen LogP contribution in [-0.4, -0.2) is 17.6 Å². The minimum absolute atomic E-state index is 0.490. The summed E-state index contributed by atoms with van der Waals surface area (Å²) < 4.78 is 5.13. The number of carbonyl (C=O) groups excluding carboxylic acids is 1. The van der Waals surface area contributed by atoms with Gasteiger partial charge in [-0.2, -0.15) is 0 Å². The first-order valence-corrected chi connectivity index (χ1v) is 4.12. The number of aromatic nitrogens is 1. The Bertz CT molecular complexity index is 299. The van der Waals surface area contributed by atoms with Crippen molar-refractivity contribution in [1.82, 2.24) is 10.4 Å². The average molecular weight is 196 g/mol. The van der Waals surface area contributed by atoms with E-state index in [4.69, 9.17) is 10.6 Å². The molecule has 6 heteroatoms. The molecule has 0 aliphatic rings. The Labute approximate surface area is 81.4 Å². The van der Waals surface area contributed by atoms with Gasteiger partial charge in [0.15, 0.2) is 0 Å². The maximum Gasteiger partial charge on any atom is 0.333 e. The SMILES string of the molecule is CCOc1ccc(NC(=O)NN)cn1. The van der Waals surface area contributed by atoms with E-state index in [1.54, 1.807) is 12.1 Å². The zero-order valence-electron chi connectivity index (χ0n) is 7.78. The second-order valence-electron chi connectivity index (χ2n) is 2.42. The van der Waals surface area contributed by atoms with Gasteiger partial charge in [0.25, 0.3) is 0 Å². The summed E-state index contributed by atoms with van der Waals surface area (Å²) in [6, 6.07) is 2.85. The molecule has 0 saturated carbocycles. The van der Waals surface area contributed by atoms with Crippen molar-refractivity contribution < 1.29 is 9.53 Å². The van der Waals surface area contributed by atoms with E-state index in [9.17, 15) is 4.79 Å². The number of hydrazine groups is 1. The van der Waals surface area contributed by atoms with Crippen LogP contribution in [-0.2, 0) is 0 Å². The smallest absolute Gasteiger partial charge is 0.333 e. The Morgan fingerprint density at radius 3 is 2.93 bits per heavy atom. The molecule has 1 heterocycles. The van der Waals surface area contributed by atoms with Gasteiger partial charge in [-0.1, -0.05) is 0 Å². The van der Waals surface area contributed by atoms with Crippen LogP contribution in [0.5, 0.6) is 5.88 Å². The molecular weight excluding hydrogens is 184 g/mol. The van der Waals surface area contributed by atoms with E-state index in [0.717, 1.165) is 0 Å². The fraction of sp³-hybridized carbons (Fsp3) is 0.250. The molecule has 0 aromatic carbocycles. The number of rotatable bonds is 3. The monoisotopic (exact) mass is 196 g/mol. The first kappa shape index (κ1) is 10.3. The van der Waals surface area contributed by atoms with E-state index in [-0.39, 0.29) is 0 Å². The van der Waals surface area contributed by atoms with Crippen LogP contribution in [0.4, 0.5) is 10.5 Å². The van der Waals surface area contributed by atoms with Crippen LogP contribution in [0.15, 0.2) is 18.3 Å². The summed E-state index contributed by atoms with van der Waals surface area (Å²) in [6.07, 6.45) is 1.49. The Kier molecular flexibility index (Phi) is 3.69. The Morgan fingerprint density at radius 2 is 2.43 bits per heavy atom. The Balaban J connectivity index is 2.59. The van der Waals surface area contributed by atoms with E-state index in [1.807, 2.05) is 12.3 Å². The maximum atomic E-state index is 10.8. The van der Waals surface area contributed by atoms with Crippen LogP contribution in [0.1, 0.15) is 6.92 Å². The van der Waals surface area contributed by atoms with E-state index >= 15 is 0 Å². The van der Waals surface area contributed by atoms with Crippen molar-refractivity contribution in [3.05, 3.63) is 18.3 Å². The Morgan fingerprint density at radius 1 is 1.64 bits per heavy atom. The molecular formula is C8H12N4O2. The van der Waals surface area contributed by atoms with Crippen LogP contribution < -0.4 is 21.3 Å². The molecule has 0 radical (unpaired) electrons. The predicted octanol–water partition coefficient (Wildman–Crippen LogP) is 0.475. The van der Waals surface area contributed by atoms with Crippen LogP contribution in [0.2, 0.25) is 0 Å². The lowest BCUT2D eigenvalue weighted by atomic mass is 10.4. The van der Waals surface area contributed by atoms with Crippen molar-refractivity contribution in [2.75, 3.05) is 11.9 Å². The zero-order valence-corrected chi connectivity index (χ0v) is 7.78. The number of nitrogens with one attached hydrogen (secondary N) is 2. The van der Waals surface area contributed by atoms with Gasteiger partial charge in [-0.3, -0.25) is 5.43 Å². The number of pyridine rings is 1. The van der Waals surface area contributed by atoms with Crippen molar-refractivity contribution in [3.63, 3.8) is 0 Å². The van der Waals surface area contributed by atoms with Gasteiger partial charge >= 0.3 is 6.03 Å². The van der Waals surface area contributed by atoms with Gasteiger partial charge < -0.3 is 10.1 Å². The first-order valence-electron chi connectivity index (χ1n) is 4.12. The van der Waals surface area contributed by atoms with Gasteiger partial charge in [0.05, 0.1) is 18.5 Å². The number of ether oxygens (including phenoxy) is 1. The molecule has 0 unspecified atom stereocenters. The average Bonchev–Trinajstić information content (AvgIpc) is 2.21. The van der Waals surface area contributed by atoms with Crippen LogP contribution in [0.25, 0.3) is 0 Å². The van der Waals surface area contributed by atoms with Gasteiger partial charge in [0.1, 0.15) is 0 Å². The highest BCUT2D eigenvalue weighted by molar-refractivity contribution is 5.88. The minimum Gasteiger partial charge on any atom is -0.478 e. The summed E-state index contributed by atoms with van der Waals surface area (Å²) >= 11 is 0. The minimum atomic E-state index is -0.490. The maximum absolute atomic E-state index is 10.8. The van der Waals surface area contributed by atoms with Crippen molar-refractivity contribution in [3.8, 4) is 5.88 Å². The topological polar surface area (TPSA) is 89.3 Å². The highest BCUT2D eigenvalue weighted by Gasteiger charge is 1.99. The lowest BCUT2D eigenvalue weighted by molar-refractivity contribution is 0.252. The molecule has 4 N–H and O–H groups in total.